The Kier molecular flexibility index (Phi) is 4.73. The molecule has 1 aromatic carbocycles. The minimum atomic E-state index is -0.830. The molecule has 0 saturated heterocycles. The van der Waals surface area contributed by atoms with Crippen LogP contribution in [0.5, 0.6) is 0 Å². The molecule has 0 bridgehead atoms. The van der Waals surface area contributed by atoms with Gasteiger partial charge in [-0.05, 0) is 60.8 Å². The second kappa shape index (κ2) is 6.51. The van der Waals surface area contributed by atoms with Gasteiger partial charge in [-0.3, -0.25) is 9.59 Å². The Morgan fingerprint density at radius 1 is 1.25 bits per heavy atom. The Morgan fingerprint density at radius 3 is 2.38 bits per heavy atom. The molecule has 4 unspecified atom stereocenters. The molecule has 3 rings (SSSR count). The van der Waals surface area contributed by atoms with Crippen molar-refractivity contribution in [2.24, 2.45) is 29.1 Å². The first kappa shape index (κ1) is 17.5. The van der Waals surface area contributed by atoms with Gasteiger partial charge in [0.1, 0.15) is 0 Å². The monoisotopic (exact) mass is 393 g/mol. The van der Waals surface area contributed by atoms with Crippen molar-refractivity contribution in [3.63, 3.8) is 0 Å². The van der Waals surface area contributed by atoms with Crippen molar-refractivity contribution in [3.8, 4) is 0 Å². The Hall–Kier alpha value is -1.36. The maximum absolute atomic E-state index is 13.0. The summed E-state index contributed by atoms with van der Waals surface area (Å²) in [6.07, 6.45) is 4.02. The number of nitrogens with one attached hydrogen (secondary N) is 1. The first-order chi connectivity index (χ1) is 11.4. The molecule has 24 heavy (non-hydrogen) atoms. The molecular weight excluding hydrogens is 370 g/mol. The van der Waals surface area contributed by atoms with Crippen LogP contribution in [0.4, 0.5) is 5.69 Å². The van der Waals surface area contributed by atoms with Crippen LogP contribution in [0.1, 0.15) is 39.5 Å². The predicted octanol–water partition coefficient (Wildman–Crippen LogP) is 4.55. The van der Waals surface area contributed by atoms with Crippen LogP contribution >= 0.6 is 15.9 Å². The first-order valence-corrected chi connectivity index (χ1v) is 9.49. The molecule has 2 saturated carbocycles. The molecule has 2 aliphatic rings. The van der Waals surface area contributed by atoms with Crippen LogP contribution in [0.3, 0.4) is 0 Å². The summed E-state index contributed by atoms with van der Waals surface area (Å²) >= 11 is 3.38. The highest BCUT2D eigenvalue weighted by Gasteiger charge is 2.67. The van der Waals surface area contributed by atoms with Crippen molar-refractivity contribution in [2.45, 2.75) is 39.5 Å². The third kappa shape index (κ3) is 2.87. The van der Waals surface area contributed by atoms with Crippen LogP contribution in [-0.2, 0) is 9.59 Å². The highest BCUT2D eigenvalue weighted by Crippen LogP contribution is 2.69. The highest BCUT2D eigenvalue weighted by atomic mass is 79.9. The third-order valence-corrected chi connectivity index (χ3v) is 6.66. The molecule has 4 nitrogen and oxygen atoms in total. The minimum Gasteiger partial charge on any atom is -0.481 e. The lowest BCUT2D eigenvalue weighted by atomic mass is 9.81. The van der Waals surface area contributed by atoms with Gasteiger partial charge < -0.3 is 10.4 Å². The first-order valence-electron chi connectivity index (χ1n) is 8.70. The maximum atomic E-state index is 13.0. The van der Waals surface area contributed by atoms with E-state index in [1.165, 1.54) is 0 Å². The van der Waals surface area contributed by atoms with E-state index in [0.717, 1.165) is 30.2 Å². The lowest BCUT2D eigenvalue weighted by Gasteiger charge is -2.25. The average Bonchev–Trinajstić information content (AvgIpc) is 3.29. The molecule has 0 radical (unpaired) electrons. The summed E-state index contributed by atoms with van der Waals surface area (Å²) < 4.78 is 0.944. The van der Waals surface area contributed by atoms with Crippen LogP contribution < -0.4 is 5.32 Å². The van der Waals surface area contributed by atoms with E-state index in [9.17, 15) is 14.7 Å². The van der Waals surface area contributed by atoms with E-state index in [2.05, 4.69) is 28.2 Å². The van der Waals surface area contributed by atoms with E-state index in [4.69, 9.17) is 0 Å². The number of carbonyl (C=O) groups is 2. The van der Waals surface area contributed by atoms with Gasteiger partial charge in [0.15, 0.2) is 0 Å². The number of carboxylic acids is 1. The molecule has 2 fully saturated rings. The Morgan fingerprint density at radius 2 is 1.88 bits per heavy atom. The van der Waals surface area contributed by atoms with Gasteiger partial charge in [0, 0.05) is 10.2 Å². The van der Waals surface area contributed by atoms with Gasteiger partial charge in [0.25, 0.3) is 0 Å². The average molecular weight is 394 g/mol. The predicted molar refractivity (Wildman–Crippen MR) is 96.6 cm³/mol. The molecule has 1 aromatic rings. The second-order valence-corrected chi connectivity index (χ2v) is 8.22. The molecule has 4 atom stereocenters. The number of benzene rings is 1. The zero-order valence-corrected chi connectivity index (χ0v) is 15.7. The smallest absolute Gasteiger partial charge is 0.307 e. The molecule has 5 heteroatoms. The van der Waals surface area contributed by atoms with E-state index < -0.39 is 17.8 Å². The summed E-state index contributed by atoms with van der Waals surface area (Å²) in [7, 11) is 0. The molecule has 2 aliphatic carbocycles. The molecule has 1 amide bonds. The lowest BCUT2D eigenvalue weighted by molar-refractivity contribution is -0.147. The molecule has 0 aromatic heterocycles. The molecule has 2 N–H and O–H groups in total. The number of amides is 1. The summed E-state index contributed by atoms with van der Waals surface area (Å²) in [5.74, 6) is -1.76. The molecule has 130 valence electrons. The fourth-order valence-corrected chi connectivity index (χ4v) is 5.10. The van der Waals surface area contributed by atoms with E-state index in [0.29, 0.717) is 5.69 Å². The van der Waals surface area contributed by atoms with Gasteiger partial charge in [0.2, 0.25) is 5.91 Å². The van der Waals surface area contributed by atoms with Gasteiger partial charge in [-0.2, -0.15) is 0 Å². The number of rotatable bonds is 5. The lowest BCUT2D eigenvalue weighted by Crippen LogP contribution is -2.35. The normalized spacial score (nSPS) is 30.3. The molecule has 0 aliphatic heterocycles. The van der Waals surface area contributed by atoms with Crippen molar-refractivity contribution in [3.05, 3.63) is 28.7 Å². The van der Waals surface area contributed by atoms with Crippen LogP contribution in [0.15, 0.2) is 28.7 Å². The van der Waals surface area contributed by atoms with Gasteiger partial charge in [0.05, 0.1) is 11.8 Å². The number of aliphatic carboxylic acids is 1. The molecule has 0 heterocycles. The Labute approximate surface area is 151 Å². The summed E-state index contributed by atoms with van der Waals surface area (Å²) in [5, 5.41) is 12.7. The van der Waals surface area contributed by atoms with Gasteiger partial charge in [-0.1, -0.05) is 36.2 Å². The Bertz CT molecular complexity index is 639. The number of carbonyl (C=O) groups excluding carboxylic acids is 1. The Balaban J connectivity index is 1.87. The second-order valence-electron chi connectivity index (χ2n) is 7.30. The van der Waals surface area contributed by atoms with E-state index >= 15 is 0 Å². The third-order valence-electron chi connectivity index (χ3n) is 6.13. The molecule has 1 spiro atoms. The number of hydrogen-bond donors (Lipinski definition) is 2. The van der Waals surface area contributed by atoms with Crippen molar-refractivity contribution in [2.75, 3.05) is 5.32 Å². The summed E-state index contributed by atoms with van der Waals surface area (Å²) in [4.78, 5) is 24.9. The van der Waals surface area contributed by atoms with E-state index in [-0.39, 0.29) is 23.2 Å². The number of halogens is 1. The van der Waals surface area contributed by atoms with Crippen molar-refractivity contribution < 1.29 is 14.7 Å². The number of hydrogen-bond acceptors (Lipinski definition) is 2. The quantitative estimate of drug-likeness (QED) is 0.770. The number of carboxylic acid groups (broad SMARTS) is 1. The standard InChI is InChI=1S/C19H24BrNO3/c1-3-4-14-16(15(18(23)24)11(2)19(14)9-10-19)17(22)21-13-7-5-12(20)6-8-13/h5-8,11,14-16H,3-4,9-10H2,1-2H3,(H,21,22)(H,23,24). The van der Waals surface area contributed by atoms with Crippen LogP contribution in [0.25, 0.3) is 0 Å². The van der Waals surface area contributed by atoms with Crippen molar-refractivity contribution >= 4 is 33.5 Å². The minimum absolute atomic E-state index is 0.0622. The van der Waals surface area contributed by atoms with Gasteiger partial charge >= 0.3 is 5.97 Å². The summed E-state index contributed by atoms with van der Waals surface area (Å²) in [6, 6.07) is 7.40. The van der Waals surface area contributed by atoms with Crippen molar-refractivity contribution in [1.29, 1.82) is 0 Å². The summed E-state index contributed by atoms with van der Waals surface area (Å²) in [6.45, 7) is 4.14. The molecular formula is C19H24BrNO3. The van der Waals surface area contributed by atoms with Crippen LogP contribution in [-0.4, -0.2) is 17.0 Å². The van der Waals surface area contributed by atoms with Crippen molar-refractivity contribution in [1.82, 2.24) is 0 Å². The van der Waals surface area contributed by atoms with Gasteiger partial charge in [-0.25, -0.2) is 0 Å². The zero-order valence-electron chi connectivity index (χ0n) is 14.1. The fraction of sp³-hybridized carbons (Fsp3) is 0.579. The van der Waals surface area contributed by atoms with Gasteiger partial charge in [-0.15, -0.1) is 0 Å². The fourth-order valence-electron chi connectivity index (χ4n) is 4.83. The zero-order chi connectivity index (χ0) is 17.5. The van der Waals surface area contributed by atoms with E-state index in [1.807, 2.05) is 31.2 Å². The largest absolute Gasteiger partial charge is 0.481 e. The van der Waals surface area contributed by atoms with Crippen LogP contribution in [0, 0.1) is 29.1 Å². The van der Waals surface area contributed by atoms with Crippen LogP contribution in [0.2, 0.25) is 0 Å². The summed E-state index contributed by atoms with van der Waals surface area (Å²) in [5.41, 5.74) is 0.785. The highest BCUT2D eigenvalue weighted by molar-refractivity contribution is 9.10. The maximum Gasteiger partial charge on any atom is 0.307 e. The number of anilines is 1. The topological polar surface area (TPSA) is 66.4 Å². The SMILES string of the molecule is CCCC1C(C(=O)Nc2ccc(Br)cc2)C(C(=O)O)C(C)C12CC2. The van der Waals surface area contributed by atoms with E-state index in [1.54, 1.807) is 0 Å².